The maximum Gasteiger partial charge on any atom is 0.408 e. The summed E-state index contributed by atoms with van der Waals surface area (Å²) in [6.07, 6.45) is 2.16. The molecule has 1 saturated heterocycles. The van der Waals surface area contributed by atoms with Gasteiger partial charge in [0.2, 0.25) is 27.7 Å². The number of likely N-dealkylation sites (tertiary alicyclic amines) is 1. The van der Waals surface area contributed by atoms with Gasteiger partial charge in [-0.1, -0.05) is 13.0 Å². The van der Waals surface area contributed by atoms with Crippen molar-refractivity contribution in [1.29, 1.82) is 0 Å². The largest absolute Gasteiger partial charge is 0.497 e. The molecule has 2 heterocycles. The first-order valence-corrected chi connectivity index (χ1v) is 18.6. The molecule has 0 bridgehead atoms. The molecule has 3 fully saturated rings. The summed E-state index contributed by atoms with van der Waals surface area (Å²) in [4.78, 5) is 60.6. The van der Waals surface area contributed by atoms with E-state index in [0.29, 0.717) is 30.4 Å². The number of ether oxygens (including phenoxy) is 4. The number of pyridine rings is 1. The Hall–Kier alpha value is -4.44. The Kier molecular flexibility index (Phi) is 10.9. The monoisotopic (exact) mass is 729 g/mol. The molecular weight excluding hydrogens is 682 g/mol. The van der Waals surface area contributed by atoms with Gasteiger partial charge in [-0.25, -0.2) is 18.2 Å². The van der Waals surface area contributed by atoms with Crippen LogP contribution in [0, 0.1) is 5.92 Å². The van der Waals surface area contributed by atoms with Crippen LogP contribution in [0.2, 0.25) is 0 Å². The number of nitrogens with one attached hydrogen (secondary N) is 3. The first-order chi connectivity index (χ1) is 24.1. The number of alkyl carbamates (subject to hydrolysis) is 1. The van der Waals surface area contributed by atoms with E-state index in [4.69, 9.17) is 18.9 Å². The van der Waals surface area contributed by atoms with Crippen LogP contribution in [0.4, 0.5) is 4.79 Å². The SMILES string of the molecule is C=C[C@@H]1C[C@]1(NC(=O)[C@@H]1C[C@@H](Oc2nccc3cc(OC)ccc23)CN1C(=O)C(NC(=O)OC(C)(C)CC)[C@H](C)OC)C(=O)NS(=O)(=O)C1CC1. The molecule has 2 aliphatic carbocycles. The second-order valence-corrected chi connectivity index (χ2v) is 15.9. The molecule has 278 valence electrons. The van der Waals surface area contributed by atoms with Crippen molar-refractivity contribution in [3.05, 3.63) is 43.1 Å². The second-order valence-electron chi connectivity index (χ2n) is 13.9. The Balaban J connectivity index is 1.43. The maximum absolute atomic E-state index is 14.4. The number of fused-ring (bicyclic) bond motifs is 1. The van der Waals surface area contributed by atoms with E-state index in [1.807, 2.05) is 13.0 Å². The minimum atomic E-state index is -3.91. The summed E-state index contributed by atoms with van der Waals surface area (Å²) in [6, 6.07) is 4.72. The van der Waals surface area contributed by atoms with E-state index in [2.05, 4.69) is 26.9 Å². The number of hydrogen-bond acceptors (Lipinski definition) is 11. The van der Waals surface area contributed by atoms with Gasteiger partial charge in [-0.3, -0.25) is 19.1 Å². The lowest BCUT2D eigenvalue weighted by Crippen LogP contribution is -2.60. The number of carbonyl (C=O) groups is 4. The standard InChI is InChI=1S/C35H47N5O10S/c1-8-22-18-35(22,32(43)39-51(45,46)25-11-12-25)38-29(41)27-17-24(49-30-26-13-10-23(48-7)16-21(26)14-15-36-30)19-40(27)31(42)28(20(3)47-6)37-33(44)50-34(4,5)9-2/h8,10,13-16,20,22,24-25,27-28H,1,9,11-12,17-19H2,2-7H3,(H,37,44)(H,38,41)(H,39,43)/t20-,22+,24+,27-,28?,35+/m0/s1. The first-order valence-electron chi connectivity index (χ1n) is 17.0. The van der Waals surface area contributed by atoms with E-state index in [1.165, 1.54) is 18.1 Å². The van der Waals surface area contributed by atoms with Crippen LogP contribution in [-0.4, -0.2) is 104 Å². The van der Waals surface area contributed by atoms with Gasteiger partial charge in [0.1, 0.15) is 35.1 Å². The Morgan fingerprint density at radius 1 is 1.18 bits per heavy atom. The summed E-state index contributed by atoms with van der Waals surface area (Å²) in [5.74, 6) is -1.84. The average molecular weight is 730 g/mol. The topological polar surface area (TPSA) is 192 Å². The van der Waals surface area contributed by atoms with Gasteiger partial charge in [-0.05, 0) is 76.1 Å². The van der Waals surface area contributed by atoms with Crippen LogP contribution >= 0.6 is 0 Å². The Morgan fingerprint density at radius 3 is 2.51 bits per heavy atom. The molecule has 4 amide bonds. The number of sulfonamides is 1. The van der Waals surface area contributed by atoms with Crippen LogP contribution < -0.4 is 24.8 Å². The van der Waals surface area contributed by atoms with E-state index in [-0.39, 0.29) is 25.3 Å². The van der Waals surface area contributed by atoms with E-state index < -0.39 is 80.4 Å². The first kappa shape index (κ1) is 37.8. The van der Waals surface area contributed by atoms with Gasteiger partial charge >= 0.3 is 6.09 Å². The number of benzene rings is 1. The minimum Gasteiger partial charge on any atom is -0.497 e. The van der Waals surface area contributed by atoms with Crippen molar-refractivity contribution in [2.45, 2.75) is 100 Å². The fourth-order valence-electron chi connectivity index (χ4n) is 6.08. The third-order valence-electron chi connectivity index (χ3n) is 9.91. The van der Waals surface area contributed by atoms with E-state index in [1.54, 1.807) is 52.3 Å². The van der Waals surface area contributed by atoms with E-state index in [9.17, 15) is 27.6 Å². The zero-order chi connectivity index (χ0) is 37.3. The molecule has 2 saturated carbocycles. The van der Waals surface area contributed by atoms with Crippen molar-refractivity contribution >= 4 is 44.6 Å². The summed E-state index contributed by atoms with van der Waals surface area (Å²) < 4.78 is 50.1. The summed E-state index contributed by atoms with van der Waals surface area (Å²) in [5, 5.41) is 6.19. The van der Waals surface area contributed by atoms with Crippen LogP contribution in [0.15, 0.2) is 43.1 Å². The third kappa shape index (κ3) is 8.22. The van der Waals surface area contributed by atoms with E-state index in [0.717, 1.165) is 5.39 Å². The highest BCUT2D eigenvalue weighted by molar-refractivity contribution is 7.91. The maximum atomic E-state index is 14.4. The van der Waals surface area contributed by atoms with E-state index >= 15 is 0 Å². The predicted molar refractivity (Wildman–Crippen MR) is 186 cm³/mol. The number of rotatable bonds is 15. The number of hydrogen-bond donors (Lipinski definition) is 3. The lowest BCUT2D eigenvalue weighted by molar-refractivity contribution is -0.143. The van der Waals surface area contributed by atoms with Crippen molar-refractivity contribution in [3.8, 4) is 11.6 Å². The predicted octanol–water partition coefficient (Wildman–Crippen LogP) is 2.58. The fourth-order valence-corrected chi connectivity index (χ4v) is 7.44. The zero-order valence-corrected chi connectivity index (χ0v) is 30.6. The molecule has 0 spiro atoms. The lowest BCUT2D eigenvalue weighted by Gasteiger charge is -2.32. The van der Waals surface area contributed by atoms with Crippen molar-refractivity contribution in [3.63, 3.8) is 0 Å². The number of amides is 4. The molecule has 1 aromatic heterocycles. The smallest absolute Gasteiger partial charge is 0.408 e. The van der Waals surface area contributed by atoms with Crippen LogP contribution in [0.1, 0.15) is 59.8 Å². The van der Waals surface area contributed by atoms with Gasteiger partial charge in [-0.15, -0.1) is 6.58 Å². The van der Waals surface area contributed by atoms with Crippen molar-refractivity contribution in [1.82, 2.24) is 25.2 Å². The molecule has 15 nitrogen and oxygen atoms in total. The molecule has 16 heteroatoms. The highest BCUT2D eigenvalue weighted by Gasteiger charge is 2.62. The molecule has 3 N–H and O–H groups in total. The zero-order valence-electron chi connectivity index (χ0n) is 29.8. The normalized spacial score (nSPS) is 24.2. The number of methoxy groups -OCH3 is 2. The Labute approximate surface area is 297 Å². The molecule has 0 radical (unpaired) electrons. The van der Waals surface area contributed by atoms with Crippen LogP contribution in [0.25, 0.3) is 10.8 Å². The molecule has 6 atom stereocenters. The quantitative estimate of drug-likeness (QED) is 0.228. The number of aromatic nitrogens is 1. The van der Waals surface area contributed by atoms with Crippen molar-refractivity contribution < 1.29 is 46.5 Å². The summed E-state index contributed by atoms with van der Waals surface area (Å²) >= 11 is 0. The van der Waals surface area contributed by atoms with Gasteiger partial charge in [0, 0.05) is 31.0 Å². The number of carbonyl (C=O) groups excluding carboxylic acids is 4. The summed E-state index contributed by atoms with van der Waals surface area (Å²) in [6.45, 7) is 10.6. The fraction of sp³-hybridized carbons (Fsp3) is 0.571. The summed E-state index contributed by atoms with van der Waals surface area (Å²) in [7, 11) is -0.962. The lowest BCUT2D eigenvalue weighted by atomic mass is 10.1. The van der Waals surface area contributed by atoms with Gasteiger partial charge in [0.15, 0.2) is 0 Å². The van der Waals surface area contributed by atoms with Crippen LogP contribution in [0.5, 0.6) is 11.6 Å². The van der Waals surface area contributed by atoms with Gasteiger partial charge in [0.25, 0.3) is 5.91 Å². The Morgan fingerprint density at radius 2 is 1.90 bits per heavy atom. The van der Waals surface area contributed by atoms with Crippen molar-refractivity contribution in [2.24, 2.45) is 5.92 Å². The second kappa shape index (κ2) is 14.7. The van der Waals surface area contributed by atoms with Gasteiger partial charge in [-0.2, -0.15) is 0 Å². The number of nitrogens with zero attached hydrogens (tertiary/aromatic N) is 2. The van der Waals surface area contributed by atoms with Gasteiger partial charge < -0.3 is 34.5 Å². The molecule has 3 aliphatic rings. The molecule has 5 rings (SSSR count). The third-order valence-corrected chi connectivity index (χ3v) is 11.7. The molecule has 1 aliphatic heterocycles. The highest BCUT2D eigenvalue weighted by atomic mass is 32.2. The molecule has 51 heavy (non-hydrogen) atoms. The van der Waals surface area contributed by atoms with Crippen LogP contribution in [-0.2, 0) is 33.9 Å². The van der Waals surface area contributed by atoms with Crippen LogP contribution in [0.3, 0.4) is 0 Å². The van der Waals surface area contributed by atoms with Crippen molar-refractivity contribution in [2.75, 3.05) is 20.8 Å². The highest BCUT2D eigenvalue weighted by Crippen LogP contribution is 2.45. The minimum absolute atomic E-state index is 0.00990. The summed E-state index contributed by atoms with van der Waals surface area (Å²) in [5.41, 5.74) is -2.38. The molecule has 2 aromatic rings. The molecule has 1 aromatic carbocycles. The Bertz CT molecular complexity index is 1800. The molecular formula is C35H47N5O10S. The van der Waals surface area contributed by atoms with Gasteiger partial charge in [0.05, 0.1) is 25.0 Å². The average Bonchev–Trinajstić information content (AvgIpc) is 4.03. The molecule has 1 unspecified atom stereocenters.